The van der Waals surface area contributed by atoms with Crippen molar-refractivity contribution in [2.24, 2.45) is 11.1 Å². The third-order valence-corrected chi connectivity index (χ3v) is 2.95. The summed E-state index contributed by atoms with van der Waals surface area (Å²) in [6, 6.07) is 3.15. The molecule has 4 nitrogen and oxygen atoms in total. The summed E-state index contributed by atoms with van der Waals surface area (Å²) < 4.78 is 26.1. The number of halogens is 2. The molecule has 1 aromatic rings. The van der Waals surface area contributed by atoms with Gasteiger partial charge in [0, 0.05) is 19.8 Å². The smallest absolute Gasteiger partial charge is 0.270 e. The Kier molecular flexibility index (Phi) is 5.05. The molecule has 0 atom stereocenters. The average molecular weight is 273 g/mol. The van der Waals surface area contributed by atoms with Gasteiger partial charge in [-0.2, -0.15) is 0 Å². The minimum Gasteiger partial charge on any atom is -0.340 e. The van der Waals surface area contributed by atoms with Crippen molar-refractivity contribution >= 4 is 5.91 Å². The predicted molar refractivity (Wildman–Crippen MR) is 70.2 cm³/mol. The molecule has 0 aliphatic rings. The van der Waals surface area contributed by atoms with Crippen molar-refractivity contribution in [3.63, 3.8) is 0 Å². The topological polar surface area (TPSA) is 51.3 Å². The molecular formula is C13H21F2N3O. The summed E-state index contributed by atoms with van der Waals surface area (Å²) in [7, 11) is 1.65. The van der Waals surface area contributed by atoms with Crippen LogP contribution in [0.15, 0.2) is 18.3 Å². The molecular weight excluding hydrogens is 252 g/mol. The number of hydrogen-bond acceptors (Lipinski definition) is 2. The quantitative estimate of drug-likeness (QED) is 0.859. The number of nitrogens with zero attached hydrogens (tertiary/aromatic N) is 2. The first-order chi connectivity index (χ1) is 8.76. The molecule has 0 unspecified atom stereocenters. The number of nitrogens with two attached hydrogens (primary N) is 1. The van der Waals surface area contributed by atoms with E-state index in [2.05, 4.69) is 0 Å². The van der Waals surface area contributed by atoms with E-state index in [0.717, 1.165) is 0 Å². The van der Waals surface area contributed by atoms with Crippen molar-refractivity contribution in [3.05, 3.63) is 24.0 Å². The highest BCUT2D eigenvalue weighted by molar-refractivity contribution is 5.92. The summed E-state index contributed by atoms with van der Waals surface area (Å²) >= 11 is 0. The summed E-state index contributed by atoms with van der Waals surface area (Å²) in [5, 5.41) is 0. The van der Waals surface area contributed by atoms with Crippen LogP contribution in [0.25, 0.3) is 0 Å². The van der Waals surface area contributed by atoms with Gasteiger partial charge in [-0.1, -0.05) is 13.8 Å². The van der Waals surface area contributed by atoms with Crippen LogP contribution in [0.1, 0.15) is 24.3 Å². The van der Waals surface area contributed by atoms with E-state index in [1.54, 1.807) is 19.2 Å². The minimum atomic E-state index is -2.48. The van der Waals surface area contributed by atoms with Crippen LogP contribution in [-0.2, 0) is 6.54 Å². The number of carbonyl (C=O) groups excluding carboxylic acids is 1. The van der Waals surface area contributed by atoms with Gasteiger partial charge in [0.25, 0.3) is 12.3 Å². The Morgan fingerprint density at radius 1 is 1.53 bits per heavy atom. The van der Waals surface area contributed by atoms with Crippen LogP contribution in [0.2, 0.25) is 0 Å². The molecule has 0 spiro atoms. The highest BCUT2D eigenvalue weighted by Gasteiger charge is 2.23. The first-order valence-corrected chi connectivity index (χ1v) is 6.15. The normalized spacial score (nSPS) is 11.9. The maximum Gasteiger partial charge on any atom is 0.270 e. The summed E-state index contributed by atoms with van der Waals surface area (Å²) in [5.41, 5.74) is 5.70. The zero-order valence-electron chi connectivity index (χ0n) is 11.6. The molecule has 0 aromatic carbocycles. The lowest BCUT2D eigenvalue weighted by Crippen LogP contribution is -2.40. The summed E-state index contributed by atoms with van der Waals surface area (Å²) in [4.78, 5) is 13.7. The molecule has 0 saturated carbocycles. The SMILES string of the molecule is CN(CC(C)(C)CN)C(=O)c1cccn1CC(F)F. The molecule has 0 saturated heterocycles. The van der Waals surface area contributed by atoms with Gasteiger partial charge in [0.15, 0.2) is 0 Å². The highest BCUT2D eigenvalue weighted by atomic mass is 19.3. The zero-order valence-corrected chi connectivity index (χ0v) is 11.6. The number of alkyl halides is 2. The van der Waals surface area contributed by atoms with Gasteiger partial charge in [0.1, 0.15) is 5.69 Å². The fourth-order valence-electron chi connectivity index (χ4n) is 1.89. The van der Waals surface area contributed by atoms with Crippen LogP contribution >= 0.6 is 0 Å². The first-order valence-electron chi connectivity index (χ1n) is 6.15. The van der Waals surface area contributed by atoms with E-state index in [4.69, 9.17) is 5.73 Å². The lowest BCUT2D eigenvalue weighted by molar-refractivity contribution is 0.0720. The number of aromatic nitrogens is 1. The summed E-state index contributed by atoms with van der Waals surface area (Å²) in [5.74, 6) is -0.271. The van der Waals surface area contributed by atoms with Crippen LogP contribution < -0.4 is 5.73 Å². The first kappa shape index (κ1) is 15.6. The van der Waals surface area contributed by atoms with E-state index >= 15 is 0 Å². The zero-order chi connectivity index (χ0) is 14.6. The van der Waals surface area contributed by atoms with Gasteiger partial charge in [0.2, 0.25) is 0 Å². The maximum atomic E-state index is 12.4. The van der Waals surface area contributed by atoms with Crippen molar-refractivity contribution in [1.29, 1.82) is 0 Å². The second-order valence-corrected chi connectivity index (χ2v) is 5.47. The molecule has 1 amide bonds. The molecule has 0 fully saturated rings. The molecule has 0 aliphatic heterocycles. The Morgan fingerprint density at radius 2 is 2.16 bits per heavy atom. The number of hydrogen-bond donors (Lipinski definition) is 1. The lowest BCUT2D eigenvalue weighted by Gasteiger charge is -2.29. The number of amides is 1. The third-order valence-electron chi connectivity index (χ3n) is 2.95. The van der Waals surface area contributed by atoms with Crippen molar-refractivity contribution < 1.29 is 13.6 Å². The summed E-state index contributed by atoms with van der Waals surface area (Å²) in [6.07, 6.45) is -0.994. The van der Waals surface area contributed by atoms with Gasteiger partial charge in [-0.15, -0.1) is 0 Å². The molecule has 6 heteroatoms. The Bertz CT molecular complexity index is 429. The molecule has 108 valence electrons. The highest BCUT2D eigenvalue weighted by Crippen LogP contribution is 2.16. The van der Waals surface area contributed by atoms with Crippen LogP contribution in [-0.4, -0.2) is 41.9 Å². The van der Waals surface area contributed by atoms with Gasteiger partial charge in [0.05, 0.1) is 6.54 Å². The number of rotatable bonds is 6. The standard InChI is InChI=1S/C13H21F2N3O/c1-13(2,8-16)9-17(3)12(19)10-5-4-6-18(10)7-11(14)15/h4-6,11H,7-9,16H2,1-3H3. The maximum absolute atomic E-state index is 12.4. The molecule has 1 rings (SSSR count). The minimum absolute atomic E-state index is 0.204. The average Bonchev–Trinajstić information content (AvgIpc) is 2.74. The van der Waals surface area contributed by atoms with Crippen LogP contribution in [0, 0.1) is 5.41 Å². The second-order valence-electron chi connectivity index (χ2n) is 5.47. The monoisotopic (exact) mass is 273 g/mol. The van der Waals surface area contributed by atoms with E-state index in [-0.39, 0.29) is 17.0 Å². The molecule has 0 bridgehead atoms. The molecule has 0 radical (unpaired) electrons. The number of carbonyl (C=O) groups is 1. The van der Waals surface area contributed by atoms with E-state index in [9.17, 15) is 13.6 Å². The Labute approximate surface area is 112 Å². The van der Waals surface area contributed by atoms with Crippen LogP contribution in [0.4, 0.5) is 8.78 Å². The van der Waals surface area contributed by atoms with Gasteiger partial charge >= 0.3 is 0 Å². The van der Waals surface area contributed by atoms with Crippen LogP contribution in [0.3, 0.4) is 0 Å². The molecule has 1 heterocycles. The van der Waals surface area contributed by atoms with E-state index < -0.39 is 13.0 Å². The Hall–Kier alpha value is -1.43. The lowest BCUT2D eigenvalue weighted by atomic mass is 9.93. The molecule has 2 N–H and O–H groups in total. The van der Waals surface area contributed by atoms with Gasteiger partial charge in [-0.3, -0.25) is 4.79 Å². The second kappa shape index (κ2) is 6.14. The van der Waals surface area contributed by atoms with Crippen molar-refractivity contribution in [1.82, 2.24) is 9.47 Å². The molecule has 1 aromatic heterocycles. The Balaban J connectivity index is 2.80. The van der Waals surface area contributed by atoms with Crippen molar-refractivity contribution in [2.45, 2.75) is 26.8 Å². The van der Waals surface area contributed by atoms with E-state index in [1.807, 2.05) is 13.8 Å². The largest absolute Gasteiger partial charge is 0.340 e. The fraction of sp³-hybridized carbons (Fsp3) is 0.615. The van der Waals surface area contributed by atoms with Crippen LogP contribution in [0.5, 0.6) is 0 Å². The van der Waals surface area contributed by atoms with Gasteiger partial charge in [-0.05, 0) is 24.1 Å². The van der Waals surface area contributed by atoms with E-state index in [1.165, 1.54) is 15.7 Å². The van der Waals surface area contributed by atoms with Crippen molar-refractivity contribution in [3.8, 4) is 0 Å². The summed E-state index contributed by atoms with van der Waals surface area (Å²) in [6.45, 7) is 4.36. The van der Waals surface area contributed by atoms with Gasteiger partial charge < -0.3 is 15.2 Å². The third kappa shape index (κ3) is 4.31. The fourth-order valence-corrected chi connectivity index (χ4v) is 1.89. The predicted octanol–water partition coefficient (Wildman–Crippen LogP) is 1.81. The van der Waals surface area contributed by atoms with E-state index in [0.29, 0.717) is 13.1 Å². The molecule has 19 heavy (non-hydrogen) atoms. The molecule has 0 aliphatic carbocycles. The van der Waals surface area contributed by atoms with Crippen molar-refractivity contribution in [2.75, 3.05) is 20.1 Å². The Morgan fingerprint density at radius 3 is 2.68 bits per heavy atom. The van der Waals surface area contributed by atoms with Gasteiger partial charge in [-0.25, -0.2) is 8.78 Å².